The number of hydrogen-bond donors (Lipinski definition) is 2. The Morgan fingerprint density at radius 3 is 2.60 bits per heavy atom. The van der Waals surface area contributed by atoms with Crippen LogP contribution in [0.25, 0.3) is 0 Å². The Labute approximate surface area is 131 Å². The van der Waals surface area contributed by atoms with E-state index in [0.29, 0.717) is 15.6 Å². The predicted molar refractivity (Wildman–Crippen MR) is 81.3 cm³/mol. The first kappa shape index (κ1) is 15.4. The van der Waals surface area contributed by atoms with Gasteiger partial charge in [0.25, 0.3) is 0 Å². The zero-order valence-electron chi connectivity index (χ0n) is 10.2. The second-order valence-electron chi connectivity index (χ2n) is 4.16. The SMILES string of the molecule is OC(CNc1cccc(Cl)c1F)c1cc(Cl)ccc1Cl. The van der Waals surface area contributed by atoms with E-state index >= 15 is 0 Å². The third-order valence-corrected chi connectivity index (χ3v) is 3.63. The minimum atomic E-state index is -0.917. The maximum Gasteiger partial charge on any atom is 0.164 e. The van der Waals surface area contributed by atoms with Crippen LogP contribution in [0.15, 0.2) is 36.4 Å². The molecule has 0 heterocycles. The smallest absolute Gasteiger partial charge is 0.164 e. The summed E-state index contributed by atoms with van der Waals surface area (Å²) in [6, 6.07) is 9.41. The molecule has 0 radical (unpaired) electrons. The van der Waals surface area contributed by atoms with Crippen LogP contribution >= 0.6 is 34.8 Å². The van der Waals surface area contributed by atoms with Gasteiger partial charge in [-0.3, -0.25) is 0 Å². The predicted octanol–water partition coefficient (Wildman–Crippen LogP) is 4.93. The van der Waals surface area contributed by atoms with Crippen LogP contribution in [0, 0.1) is 5.82 Å². The molecule has 2 N–H and O–H groups in total. The summed E-state index contributed by atoms with van der Waals surface area (Å²) in [5.74, 6) is -0.557. The number of nitrogens with one attached hydrogen (secondary N) is 1. The summed E-state index contributed by atoms with van der Waals surface area (Å²) in [6.07, 6.45) is -0.917. The van der Waals surface area contributed by atoms with E-state index in [1.54, 1.807) is 24.3 Å². The lowest BCUT2D eigenvalue weighted by Crippen LogP contribution is -2.13. The van der Waals surface area contributed by atoms with Crippen molar-refractivity contribution in [2.75, 3.05) is 11.9 Å². The lowest BCUT2D eigenvalue weighted by Gasteiger charge is -2.15. The summed E-state index contributed by atoms with van der Waals surface area (Å²) >= 11 is 17.5. The molecule has 2 nitrogen and oxygen atoms in total. The fourth-order valence-corrected chi connectivity index (χ4v) is 2.33. The van der Waals surface area contributed by atoms with Crippen molar-refractivity contribution in [2.24, 2.45) is 0 Å². The quantitative estimate of drug-likeness (QED) is 0.831. The van der Waals surface area contributed by atoms with E-state index in [2.05, 4.69) is 5.32 Å². The summed E-state index contributed by atoms with van der Waals surface area (Å²) in [6.45, 7) is 0.0807. The maximum atomic E-state index is 13.7. The second-order valence-corrected chi connectivity index (χ2v) is 5.41. The van der Waals surface area contributed by atoms with Gasteiger partial charge in [0.2, 0.25) is 0 Å². The van der Waals surface area contributed by atoms with Gasteiger partial charge in [0.05, 0.1) is 16.8 Å². The van der Waals surface area contributed by atoms with Crippen molar-refractivity contribution < 1.29 is 9.50 Å². The minimum Gasteiger partial charge on any atom is -0.387 e. The van der Waals surface area contributed by atoms with Crippen LogP contribution in [0.4, 0.5) is 10.1 Å². The van der Waals surface area contributed by atoms with Crippen molar-refractivity contribution in [3.63, 3.8) is 0 Å². The van der Waals surface area contributed by atoms with E-state index in [9.17, 15) is 9.50 Å². The van der Waals surface area contributed by atoms with Gasteiger partial charge in [0.15, 0.2) is 5.82 Å². The van der Waals surface area contributed by atoms with Gasteiger partial charge >= 0.3 is 0 Å². The normalized spacial score (nSPS) is 12.2. The third-order valence-electron chi connectivity index (χ3n) is 2.75. The Kier molecular flexibility index (Phi) is 5.11. The van der Waals surface area contributed by atoms with E-state index in [1.807, 2.05) is 0 Å². The Hall–Kier alpha value is -1.000. The summed E-state index contributed by atoms with van der Waals surface area (Å²) in [5.41, 5.74) is 0.698. The summed E-state index contributed by atoms with van der Waals surface area (Å²) in [4.78, 5) is 0. The number of aliphatic hydroxyl groups is 1. The molecule has 106 valence electrons. The van der Waals surface area contributed by atoms with E-state index in [0.717, 1.165) is 0 Å². The van der Waals surface area contributed by atoms with Gasteiger partial charge in [0.1, 0.15) is 0 Å². The molecule has 2 aromatic rings. The minimum absolute atomic E-state index is 0.0188. The van der Waals surface area contributed by atoms with Crippen LogP contribution < -0.4 is 5.32 Å². The molecule has 0 aliphatic carbocycles. The van der Waals surface area contributed by atoms with Crippen LogP contribution in [0.1, 0.15) is 11.7 Å². The molecule has 0 amide bonds. The van der Waals surface area contributed by atoms with Crippen molar-refractivity contribution in [1.82, 2.24) is 0 Å². The average Bonchev–Trinajstić information content (AvgIpc) is 2.43. The fourth-order valence-electron chi connectivity index (χ4n) is 1.73. The first-order valence-electron chi connectivity index (χ1n) is 5.80. The number of hydrogen-bond acceptors (Lipinski definition) is 2. The van der Waals surface area contributed by atoms with Crippen molar-refractivity contribution >= 4 is 40.5 Å². The number of aliphatic hydroxyl groups excluding tert-OH is 1. The number of rotatable bonds is 4. The molecule has 0 saturated heterocycles. The van der Waals surface area contributed by atoms with Gasteiger partial charge in [-0.05, 0) is 30.3 Å². The zero-order valence-corrected chi connectivity index (χ0v) is 12.5. The Balaban J connectivity index is 2.10. The zero-order chi connectivity index (χ0) is 14.7. The monoisotopic (exact) mass is 333 g/mol. The topological polar surface area (TPSA) is 32.3 Å². The molecule has 0 aromatic heterocycles. The van der Waals surface area contributed by atoms with Crippen molar-refractivity contribution in [3.05, 3.63) is 62.8 Å². The number of benzene rings is 2. The van der Waals surface area contributed by atoms with Gasteiger partial charge in [-0.1, -0.05) is 40.9 Å². The highest BCUT2D eigenvalue weighted by Gasteiger charge is 2.13. The van der Waals surface area contributed by atoms with Crippen LogP contribution in [-0.2, 0) is 0 Å². The molecule has 0 saturated carbocycles. The molecule has 20 heavy (non-hydrogen) atoms. The van der Waals surface area contributed by atoms with E-state index < -0.39 is 11.9 Å². The Bertz CT molecular complexity index is 621. The van der Waals surface area contributed by atoms with E-state index in [-0.39, 0.29) is 17.3 Å². The third kappa shape index (κ3) is 3.55. The molecular formula is C14H11Cl3FNO. The Morgan fingerprint density at radius 1 is 1.10 bits per heavy atom. The van der Waals surface area contributed by atoms with E-state index in [4.69, 9.17) is 34.8 Å². The molecule has 0 aliphatic rings. The van der Waals surface area contributed by atoms with Crippen LogP contribution in [0.2, 0.25) is 15.1 Å². The molecule has 1 unspecified atom stereocenters. The van der Waals surface area contributed by atoms with Gasteiger partial charge in [-0.15, -0.1) is 0 Å². The highest BCUT2D eigenvalue weighted by molar-refractivity contribution is 6.33. The molecule has 2 rings (SSSR count). The maximum absolute atomic E-state index is 13.7. The Morgan fingerprint density at radius 2 is 1.85 bits per heavy atom. The first-order valence-corrected chi connectivity index (χ1v) is 6.93. The van der Waals surface area contributed by atoms with Crippen LogP contribution in [0.5, 0.6) is 0 Å². The van der Waals surface area contributed by atoms with Gasteiger partial charge in [-0.2, -0.15) is 0 Å². The fraction of sp³-hybridized carbons (Fsp3) is 0.143. The van der Waals surface area contributed by atoms with E-state index in [1.165, 1.54) is 12.1 Å². The van der Waals surface area contributed by atoms with Gasteiger partial charge < -0.3 is 10.4 Å². The van der Waals surface area contributed by atoms with Gasteiger partial charge in [-0.25, -0.2) is 4.39 Å². The largest absolute Gasteiger partial charge is 0.387 e. The summed E-state index contributed by atoms with van der Waals surface area (Å²) in [5, 5.41) is 13.8. The highest BCUT2D eigenvalue weighted by atomic mass is 35.5. The number of anilines is 1. The number of halogens is 4. The summed E-state index contributed by atoms with van der Waals surface area (Å²) < 4.78 is 13.7. The van der Waals surface area contributed by atoms with Crippen molar-refractivity contribution in [1.29, 1.82) is 0 Å². The second kappa shape index (κ2) is 6.64. The van der Waals surface area contributed by atoms with Crippen molar-refractivity contribution in [3.8, 4) is 0 Å². The molecule has 1 atom stereocenters. The molecule has 2 aromatic carbocycles. The molecule has 0 spiro atoms. The molecule has 0 bridgehead atoms. The highest BCUT2D eigenvalue weighted by Crippen LogP contribution is 2.27. The lowest BCUT2D eigenvalue weighted by molar-refractivity contribution is 0.191. The molecule has 0 aliphatic heterocycles. The first-order chi connectivity index (χ1) is 9.49. The summed E-state index contributed by atoms with van der Waals surface area (Å²) in [7, 11) is 0. The van der Waals surface area contributed by atoms with Crippen molar-refractivity contribution in [2.45, 2.75) is 6.10 Å². The average molecular weight is 335 g/mol. The van der Waals surface area contributed by atoms with Crippen LogP contribution in [-0.4, -0.2) is 11.7 Å². The van der Waals surface area contributed by atoms with Crippen LogP contribution in [0.3, 0.4) is 0 Å². The molecule has 0 fully saturated rings. The molecular weight excluding hydrogens is 324 g/mol. The van der Waals surface area contributed by atoms with Gasteiger partial charge in [0, 0.05) is 22.2 Å². The molecule has 6 heteroatoms. The lowest BCUT2D eigenvalue weighted by atomic mass is 10.1. The standard InChI is InChI=1S/C14H11Cl3FNO/c15-8-4-5-10(16)9(6-8)13(20)7-19-12-3-1-2-11(17)14(12)18/h1-6,13,19-20H,7H2.